The number of rotatable bonds is 7. The molecule has 2 aliphatic heterocycles. The lowest BCUT2D eigenvalue weighted by Crippen LogP contribution is -2.49. The molecule has 3 aromatic carbocycles. The minimum atomic E-state index is -0.856. The van der Waals surface area contributed by atoms with Gasteiger partial charge in [0, 0.05) is 13.1 Å². The number of fused-ring (bicyclic) bond motifs is 2. The fourth-order valence-corrected chi connectivity index (χ4v) is 3.84. The standard InChI is InChI=1S/C26H24N2O6/c29-25(27-13-18-6-2-1-3-7-18)15-28(14-19-10-11-21-23(12-19)33-17-32-21)26(30)24-16-31-20-8-4-5-9-22(20)34-24/h1-12,24H,13-17H2,(H,27,29). The van der Waals surface area contributed by atoms with Crippen LogP contribution in [-0.4, -0.2) is 42.8 Å². The number of nitrogens with one attached hydrogen (secondary N) is 1. The van der Waals surface area contributed by atoms with E-state index in [-0.39, 0.29) is 38.3 Å². The first-order valence-electron chi connectivity index (χ1n) is 11.0. The van der Waals surface area contributed by atoms with Crippen molar-refractivity contribution in [1.82, 2.24) is 10.2 Å². The van der Waals surface area contributed by atoms with E-state index < -0.39 is 6.10 Å². The highest BCUT2D eigenvalue weighted by molar-refractivity contribution is 5.87. The maximum atomic E-state index is 13.4. The third-order valence-electron chi connectivity index (χ3n) is 5.57. The summed E-state index contributed by atoms with van der Waals surface area (Å²) in [6.45, 7) is 0.689. The number of carbonyl (C=O) groups is 2. The monoisotopic (exact) mass is 460 g/mol. The molecule has 1 atom stereocenters. The average molecular weight is 460 g/mol. The van der Waals surface area contributed by atoms with E-state index in [1.54, 1.807) is 18.2 Å². The van der Waals surface area contributed by atoms with Crippen LogP contribution in [0.2, 0.25) is 0 Å². The zero-order valence-corrected chi connectivity index (χ0v) is 18.4. The molecule has 0 saturated heterocycles. The molecule has 8 heteroatoms. The van der Waals surface area contributed by atoms with Crippen molar-refractivity contribution in [3.8, 4) is 23.0 Å². The lowest BCUT2D eigenvalue weighted by atomic mass is 10.1. The summed E-state index contributed by atoms with van der Waals surface area (Å²) in [5.74, 6) is 1.77. The van der Waals surface area contributed by atoms with Crippen LogP contribution >= 0.6 is 0 Å². The Balaban J connectivity index is 1.31. The highest BCUT2D eigenvalue weighted by Crippen LogP contribution is 2.34. The molecule has 2 amide bonds. The fourth-order valence-electron chi connectivity index (χ4n) is 3.84. The zero-order valence-electron chi connectivity index (χ0n) is 18.4. The Bertz CT molecular complexity index is 1180. The van der Waals surface area contributed by atoms with Gasteiger partial charge in [0.25, 0.3) is 5.91 Å². The summed E-state index contributed by atoms with van der Waals surface area (Å²) in [6, 6.07) is 22.3. The molecule has 3 aromatic rings. The summed E-state index contributed by atoms with van der Waals surface area (Å²) in [6.07, 6.45) is -0.856. The Hall–Kier alpha value is -4.20. The Morgan fingerprint density at radius 2 is 1.56 bits per heavy atom. The maximum absolute atomic E-state index is 13.4. The quantitative estimate of drug-likeness (QED) is 0.584. The molecule has 0 aliphatic carbocycles. The lowest BCUT2D eigenvalue weighted by Gasteiger charge is -2.30. The molecular formula is C26H24N2O6. The number of nitrogens with zero attached hydrogens (tertiary/aromatic N) is 1. The molecular weight excluding hydrogens is 436 g/mol. The first-order valence-corrected chi connectivity index (χ1v) is 11.0. The van der Waals surface area contributed by atoms with Crippen molar-refractivity contribution in [2.75, 3.05) is 19.9 Å². The summed E-state index contributed by atoms with van der Waals surface area (Å²) in [5.41, 5.74) is 1.79. The van der Waals surface area contributed by atoms with Gasteiger partial charge in [-0.25, -0.2) is 0 Å². The Labute approximate surface area is 197 Å². The summed E-state index contributed by atoms with van der Waals surface area (Å²) in [7, 11) is 0. The zero-order chi connectivity index (χ0) is 23.3. The van der Waals surface area contributed by atoms with Crippen molar-refractivity contribution >= 4 is 11.8 Å². The van der Waals surface area contributed by atoms with E-state index in [9.17, 15) is 9.59 Å². The SMILES string of the molecule is O=C(CN(Cc1ccc2c(c1)OCO2)C(=O)C1COc2ccccc2O1)NCc1ccccc1. The number of carbonyl (C=O) groups excluding carboxylic acids is 2. The molecule has 2 heterocycles. The van der Waals surface area contributed by atoms with Crippen molar-refractivity contribution in [1.29, 1.82) is 0 Å². The van der Waals surface area contributed by atoms with Gasteiger partial charge >= 0.3 is 0 Å². The van der Waals surface area contributed by atoms with Gasteiger partial charge in [0.15, 0.2) is 23.0 Å². The van der Waals surface area contributed by atoms with Crippen molar-refractivity contribution in [2.45, 2.75) is 19.2 Å². The molecule has 8 nitrogen and oxygen atoms in total. The van der Waals surface area contributed by atoms with Crippen molar-refractivity contribution in [2.24, 2.45) is 0 Å². The largest absolute Gasteiger partial charge is 0.485 e. The first kappa shape index (κ1) is 21.6. The Morgan fingerprint density at radius 1 is 0.824 bits per heavy atom. The van der Waals surface area contributed by atoms with Crippen LogP contribution in [0, 0.1) is 0 Å². The molecule has 0 fully saturated rings. The normalized spacial score (nSPS) is 15.5. The van der Waals surface area contributed by atoms with Crippen LogP contribution in [-0.2, 0) is 22.7 Å². The topological polar surface area (TPSA) is 86.3 Å². The molecule has 1 N–H and O–H groups in total. The third kappa shape index (κ3) is 4.91. The summed E-state index contributed by atoms with van der Waals surface area (Å²) in [4.78, 5) is 27.7. The Morgan fingerprint density at radius 3 is 2.41 bits per heavy atom. The molecule has 5 rings (SSSR count). The predicted molar refractivity (Wildman–Crippen MR) is 123 cm³/mol. The van der Waals surface area contributed by atoms with Crippen LogP contribution in [0.3, 0.4) is 0 Å². The molecule has 1 unspecified atom stereocenters. The van der Waals surface area contributed by atoms with Crippen molar-refractivity contribution < 1.29 is 28.5 Å². The molecule has 2 aliphatic rings. The number of ether oxygens (including phenoxy) is 4. The second-order valence-electron chi connectivity index (χ2n) is 8.01. The molecule has 0 radical (unpaired) electrons. The van der Waals surface area contributed by atoms with Crippen LogP contribution in [0.1, 0.15) is 11.1 Å². The van der Waals surface area contributed by atoms with E-state index >= 15 is 0 Å². The van der Waals surface area contributed by atoms with Gasteiger partial charge in [-0.3, -0.25) is 9.59 Å². The minimum Gasteiger partial charge on any atom is -0.485 e. The molecule has 0 bridgehead atoms. The average Bonchev–Trinajstić information content (AvgIpc) is 3.35. The summed E-state index contributed by atoms with van der Waals surface area (Å²) >= 11 is 0. The number of para-hydroxylation sites is 2. The molecule has 174 valence electrons. The van der Waals surface area contributed by atoms with Crippen LogP contribution in [0.15, 0.2) is 72.8 Å². The van der Waals surface area contributed by atoms with Gasteiger partial charge in [0.1, 0.15) is 13.2 Å². The third-order valence-corrected chi connectivity index (χ3v) is 5.57. The first-order chi connectivity index (χ1) is 16.7. The number of amides is 2. The van der Waals surface area contributed by atoms with Gasteiger partial charge in [0.05, 0.1) is 0 Å². The van der Waals surface area contributed by atoms with E-state index in [0.717, 1.165) is 11.1 Å². The number of benzene rings is 3. The van der Waals surface area contributed by atoms with Gasteiger partial charge in [-0.05, 0) is 35.4 Å². The van der Waals surface area contributed by atoms with E-state index in [0.29, 0.717) is 29.5 Å². The lowest BCUT2D eigenvalue weighted by molar-refractivity contribution is -0.144. The molecule has 0 saturated carbocycles. The molecule has 0 aromatic heterocycles. The van der Waals surface area contributed by atoms with Crippen LogP contribution < -0.4 is 24.3 Å². The predicted octanol–water partition coefficient (Wildman–Crippen LogP) is 2.90. The second kappa shape index (κ2) is 9.74. The van der Waals surface area contributed by atoms with Crippen molar-refractivity contribution in [3.05, 3.63) is 83.9 Å². The molecule has 34 heavy (non-hydrogen) atoms. The van der Waals surface area contributed by atoms with Crippen LogP contribution in [0.25, 0.3) is 0 Å². The van der Waals surface area contributed by atoms with E-state index in [4.69, 9.17) is 18.9 Å². The highest BCUT2D eigenvalue weighted by atomic mass is 16.7. The fraction of sp³-hybridized carbons (Fsp3) is 0.231. The van der Waals surface area contributed by atoms with E-state index in [2.05, 4.69) is 5.32 Å². The van der Waals surface area contributed by atoms with E-state index in [1.165, 1.54) is 4.90 Å². The minimum absolute atomic E-state index is 0.0686. The smallest absolute Gasteiger partial charge is 0.268 e. The van der Waals surface area contributed by atoms with Gasteiger partial charge in [0.2, 0.25) is 18.8 Å². The van der Waals surface area contributed by atoms with E-state index in [1.807, 2.05) is 54.6 Å². The van der Waals surface area contributed by atoms with Gasteiger partial charge in [-0.2, -0.15) is 0 Å². The van der Waals surface area contributed by atoms with Gasteiger partial charge in [-0.15, -0.1) is 0 Å². The van der Waals surface area contributed by atoms with Crippen LogP contribution in [0.4, 0.5) is 0 Å². The number of hydrogen-bond acceptors (Lipinski definition) is 6. The van der Waals surface area contributed by atoms with Crippen molar-refractivity contribution in [3.63, 3.8) is 0 Å². The van der Waals surface area contributed by atoms with Gasteiger partial charge in [-0.1, -0.05) is 48.5 Å². The summed E-state index contributed by atoms with van der Waals surface area (Å²) < 4.78 is 22.4. The summed E-state index contributed by atoms with van der Waals surface area (Å²) in [5, 5.41) is 2.88. The van der Waals surface area contributed by atoms with Crippen LogP contribution in [0.5, 0.6) is 23.0 Å². The Kier molecular flexibility index (Phi) is 6.20. The molecule has 0 spiro atoms. The number of hydrogen-bond donors (Lipinski definition) is 1. The second-order valence-corrected chi connectivity index (χ2v) is 8.01. The highest BCUT2D eigenvalue weighted by Gasteiger charge is 2.32. The van der Waals surface area contributed by atoms with Gasteiger partial charge < -0.3 is 29.2 Å². The maximum Gasteiger partial charge on any atom is 0.268 e.